The van der Waals surface area contributed by atoms with Crippen molar-refractivity contribution >= 4 is 32.4 Å². The van der Waals surface area contributed by atoms with Gasteiger partial charge in [-0.05, 0) is 51.0 Å². The summed E-state index contributed by atoms with van der Waals surface area (Å²) in [5.74, 6) is 1.61. The van der Waals surface area contributed by atoms with Crippen LogP contribution in [0.25, 0.3) is 10.8 Å². The van der Waals surface area contributed by atoms with E-state index >= 15 is 0 Å². The van der Waals surface area contributed by atoms with E-state index in [-0.39, 0.29) is 0 Å². The Kier molecular flexibility index (Phi) is 2.59. The minimum absolute atomic E-state index is 0.699. The number of hydrogen-bond acceptors (Lipinski definition) is 3. The molecule has 1 heterocycles. The van der Waals surface area contributed by atoms with E-state index in [0.29, 0.717) is 13.2 Å². The molecule has 0 aliphatic carbocycles. The zero-order chi connectivity index (χ0) is 11.8. The van der Waals surface area contributed by atoms with Gasteiger partial charge in [0.1, 0.15) is 0 Å². The van der Waals surface area contributed by atoms with E-state index in [2.05, 4.69) is 15.9 Å². The highest BCUT2D eigenvalue weighted by atomic mass is 79.9. The Balaban J connectivity index is 2.22. The summed E-state index contributed by atoms with van der Waals surface area (Å²) in [5.41, 5.74) is 6.60. The first-order valence-electron chi connectivity index (χ1n) is 5.52. The largest absolute Gasteiger partial charge is 0.490 e. The first kappa shape index (κ1) is 10.7. The van der Waals surface area contributed by atoms with Gasteiger partial charge in [-0.25, -0.2) is 0 Å². The lowest BCUT2D eigenvalue weighted by molar-refractivity contribution is 0.297. The van der Waals surface area contributed by atoms with Crippen LogP contribution in [0.15, 0.2) is 28.7 Å². The summed E-state index contributed by atoms with van der Waals surface area (Å²) in [6.45, 7) is 1.40. The van der Waals surface area contributed by atoms with Gasteiger partial charge in [0.05, 0.1) is 13.2 Å². The molecule has 0 atom stereocenters. The van der Waals surface area contributed by atoms with Crippen molar-refractivity contribution in [1.29, 1.82) is 0 Å². The van der Waals surface area contributed by atoms with Gasteiger partial charge < -0.3 is 15.2 Å². The normalized spacial score (nSPS) is 14.6. The molecule has 1 aliphatic rings. The SMILES string of the molecule is Nc1cc2cc3c(cc2cc1Br)OCCCO3. The van der Waals surface area contributed by atoms with Crippen LogP contribution in [0.4, 0.5) is 5.69 Å². The Labute approximate surface area is 108 Å². The molecule has 1 aliphatic heterocycles. The maximum Gasteiger partial charge on any atom is 0.161 e. The molecular weight excluding hydrogens is 282 g/mol. The lowest BCUT2D eigenvalue weighted by Gasteiger charge is -2.10. The minimum Gasteiger partial charge on any atom is -0.490 e. The van der Waals surface area contributed by atoms with Crippen molar-refractivity contribution in [2.75, 3.05) is 18.9 Å². The fraction of sp³-hybridized carbons (Fsp3) is 0.231. The molecule has 3 nitrogen and oxygen atoms in total. The standard InChI is InChI=1S/C13H12BrNO2/c14-10-4-8-6-12-13(17-3-1-2-16-12)7-9(8)5-11(10)15/h4-7H,1-3,15H2. The summed E-state index contributed by atoms with van der Waals surface area (Å²) in [6, 6.07) is 7.92. The van der Waals surface area contributed by atoms with Crippen LogP contribution in [0.1, 0.15) is 6.42 Å². The maximum absolute atomic E-state index is 5.87. The van der Waals surface area contributed by atoms with Gasteiger partial charge >= 0.3 is 0 Å². The molecular formula is C13H12BrNO2. The second-order valence-electron chi connectivity index (χ2n) is 4.07. The number of nitrogens with two attached hydrogens (primary N) is 1. The Morgan fingerprint density at radius 3 is 2.18 bits per heavy atom. The molecule has 0 saturated carbocycles. The van der Waals surface area contributed by atoms with Gasteiger partial charge in [0, 0.05) is 16.6 Å². The van der Waals surface area contributed by atoms with Gasteiger partial charge in [0.15, 0.2) is 11.5 Å². The minimum atomic E-state index is 0.699. The Bertz CT molecular complexity index is 533. The van der Waals surface area contributed by atoms with Crippen molar-refractivity contribution in [3.8, 4) is 11.5 Å². The molecule has 4 heteroatoms. The Morgan fingerprint density at radius 1 is 0.941 bits per heavy atom. The average Bonchev–Trinajstić information content (AvgIpc) is 2.53. The first-order valence-corrected chi connectivity index (χ1v) is 6.32. The zero-order valence-electron chi connectivity index (χ0n) is 9.20. The number of nitrogen functional groups attached to an aromatic ring is 1. The van der Waals surface area contributed by atoms with E-state index in [1.54, 1.807) is 0 Å². The number of hydrogen-bond donors (Lipinski definition) is 1. The molecule has 0 unspecified atom stereocenters. The van der Waals surface area contributed by atoms with E-state index in [0.717, 1.165) is 38.9 Å². The lowest BCUT2D eigenvalue weighted by atomic mass is 10.1. The van der Waals surface area contributed by atoms with E-state index < -0.39 is 0 Å². The molecule has 2 aromatic carbocycles. The van der Waals surface area contributed by atoms with Crippen LogP contribution >= 0.6 is 15.9 Å². The molecule has 3 rings (SSSR count). The van der Waals surface area contributed by atoms with Crippen molar-refractivity contribution in [3.05, 3.63) is 28.7 Å². The van der Waals surface area contributed by atoms with Gasteiger partial charge in [0.25, 0.3) is 0 Å². The summed E-state index contributed by atoms with van der Waals surface area (Å²) in [4.78, 5) is 0. The monoisotopic (exact) mass is 293 g/mol. The summed E-state index contributed by atoms with van der Waals surface area (Å²) >= 11 is 3.43. The third-order valence-corrected chi connectivity index (χ3v) is 3.51. The van der Waals surface area contributed by atoms with Crippen molar-refractivity contribution in [3.63, 3.8) is 0 Å². The molecule has 17 heavy (non-hydrogen) atoms. The second kappa shape index (κ2) is 4.11. The fourth-order valence-electron chi connectivity index (χ4n) is 1.95. The van der Waals surface area contributed by atoms with E-state index in [9.17, 15) is 0 Å². The number of benzene rings is 2. The van der Waals surface area contributed by atoms with Crippen LogP contribution in [-0.2, 0) is 0 Å². The van der Waals surface area contributed by atoms with Gasteiger partial charge in [-0.3, -0.25) is 0 Å². The molecule has 0 spiro atoms. The smallest absolute Gasteiger partial charge is 0.161 e. The average molecular weight is 294 g/mol. The van der Waals surface area contributed by atoms with Crippen molar-refractivity contribution in [2.24, 2.45) is 0 Å². The highest BCUT2D eigenvalue weighted by Gasteiger charge is 2.12. The summed E-state index contributed by atoms with van der Waals surface area (Å²) in [7, 11) is 0. The Morgan fingerprint density at radius 2 is 1.53 bits per heavy atom. The number of halogens is 1. The van der Waals surface area contributed by atoms with Gasteiger partial charge in [-0.2, -0.15) is 0 Å². The number of fused-ring (bicyclic) bond motifs is 2. The quantitative estimate of drug-likeness (QED) is 0.758. The van der Waals surface area contributed by atoms with Gasteiger partial charge in [-0.15, -0.1) is 0 Å². The molecule has 0 fully saturated rings. The zero-order valence-corrected chi connectivity index (χ0v) is 10.8. The van der Waals surface area contributed by atoms with Crippen LogP contribution in [-0.4, -0.2) is 13.2 Å². The van der Waals surface area contributed by atoms with Crippen LogP contribution in [0.5, 0.6) is 11.5 Å². The molecule has 2 aromatic rings. The van der Waals surface area contributed by atoms with Crippen molar-refractivity contribution in [2.45, 2.75) is 6.42 Å². The lowest BCUT2D eigenvalue weighted by Crippen LogP contribution is -1.97. The number of rotatable bonds is 0. The highest BCUT2D eigenvalue weighted by Crippen LogP contribution is 2.36. The van der Waals surface area contributed by atoms with E-state index in [4.69, 9.17) is 15.2 Å². The molecule has 88 valence electrons. The third-order valence-electron chi connectivity index (χ3n) is 2.82. The number of anilines is 1. The summed E-state index contributed by atoms with van der Waals surface area (Å²) in [6.07, 6.45) is 0.914. The first-order chi connectivity index (χ1) is 8.24. The summed E-state index contributed by atoms with van der Waals surface area (Å²) in [5, 5.41) is 2.16. The predicted octanol–water partition coefficient (Wildman–Crippen LogP) is 3.35. The van der Waals surface area contributed by atoms with Gasteiger partial charge in [0.2, 0.25) is 0 Å². The maximum atomic E-state index is 5.87. The molecule has 0 amide bonds. The highest BCUT2D eigenvalue weighted by molar-refractivity contribution is 9.10. The van der Waals surface area contributed by atoms with Gasteiger partial charge in [-0.1, -0.05) is 0 Å². The molecule has 0 aromatic heterocycles. The second-order valence-corrected chi connectivity index (χ2v) is 4.92. The van der Waals surface area contributed by atoms with Crippen LogP contribution < -0.4 is 15.2 Å². The Hall–Kier alpha value is -1.42. The van der Waals surface area contributed by atoms with Crippen molar-refractivity contribution < 1.29 is 9.47 Å². The fourth-order valence-corrected chi connectivity index (χ4v) is 2.31. The van der Waals surface area contributed by atoms with Crippen LogP contribution in [0.3, 0.4) is 0 Å². The molecule has 0 radical (unpaired) electrons. The molecule has 0 bridgehead atoms. The summed E-state index contributed by atoms with van der Waals surface area (Å²) < 4.78 is 12.2. The van der Waals surface area contributed by atoms with E-state index in [1.807, 2.05) is 24.3 Å². The topological polar surface area (TPSA) is 44.5 Å². The third kappa shape index (κ3) is 1.93. The van der Waals surface area contributed by atoms with Crippen LogP contribution in [0.2, 0.25) is 0 Å². The number of ether oxygens (including phenoxy) is 2. The van der Waals surface area contributed by atoms with Crippen LogP contribution in [0, 0.1) is 0 Å². The van der Waals surface area contributed by atoms with Crippen molar-refractivity contribution in [1.82, 2.24) is 0 Å². The molecule has 0 saturated heterocycles. The predicted molar refractivity (Wildman–Crippen MR) is 71.7 cm³/mol. The van der Waals surface area contributed by atoms with E-state index in [1.165, 1.54) is 0 Å². The molecule has 2 N–H and O–H groups in total.